The van der Waals surface area contributed by atoms with Crippen molar-refractivity contribution in [1.82, 2.24) is 0 Å². The van der Waals surface area contributed by atoms with Gasteiger partial charge in [0.25, 0.3) is 0 Å². The zero-order chi connectivity index (χ0) is 37.4. The van der Waals surface area contributed by atoms with Gasteiger partial charge in [-0.15, -0.1) is 0 Å². The average Bonchev–Trinajstić information content (AvgIpc) is 3.13. The van der Waals surface area contributed by atoms with Crippen LogP contribution in [0, 0.1) is 0 Å². The van der Waals surface area contributed by atoms with Crippen LogP contribution in [0.5, 0.6) is 0 Å². The van der Waals surface area contributed by atoms with Crippen molar-refractivity contribution < 1.29 is 49.0 Å². The van der Waals surface area contributed by atoms with Gasteiger partial charge in [0.1, 0.15) is 31.0 Å². The Kier molecular flexibility index (Phi) is 29.6. The third-order valence-electron chi connectivity index (χ3n) is 8.69. The topological polar surface area (TPSA) is 152 Å². The van der Waals surface area contributed by atoms with E-state index in [0.717, 1.165) is 64.2 Å². The number of aliphatic hydroxyl groups excluding tert-OH is 4. The molecule has 0 aromatic heterocycles. The minimum absolute atomic E-state index is 0.193. The molecule has 0 aromatic carbocycles. The molecule has 0 radical (unpaired) electrons. The second-order valence-corrected chi connectivity index (χ2v) is 13.4. The molecule has 1 heterocycles. The lowest BCUT2D eigenvalue weighted by Crippen LogP contribution is -2.59. The SMILES string of the molecule is CCCCC/C=C\C/C=C\CCCCCC(=O)OC[C@@H](CO[C@@H]1O[C@H](CO)[C@H](O)[C@H](O)[C@H]1O)OC(=O)CCCCC/C=C\C/C=C\CCCCC. The standard InChI is InChI=1S/C41H70O10/c1-3-5-7-9-11-13-15-17-19-21-23-25-27-29-36(43)48-32-34(33-49-41-40(47)39(46)38(45)35(31-42)51-41)50-37(44)30-28-26-24-22-20-18-16-14-12-10-8-6-4-2/h11-14,17-20,34-35,38-42,45-47H,3-10,15-16,21-33H2,1-2H3/b13-11-,14-12-,19-17-,20-18-/t34-,35+,38-,39-,40+,41+/m0/s1. The number of aliphatic hydroxyl groups is 4. The summed E-state index contributed by atoms with van der Waals surface area (Å²) < 4.78 is 22.0. The van der Waals surface area contributed by atoms with Gasteiger partial charge >= 0.3 is 11.9 Å². The van der Waals surface area contributed by atoms with Gasteiger partial charge in [-0.05, 0) is 77.0 Å². The van der Waals surface area contributed by atoms with E-state index in [0.29, 0.717) is 12.8 Å². The van der Waals surface area contributed by atoms with Crippen molar-refractivity contribution in [2.45, 2.75) is 179 Å². The van der Waals surface area contributed by atoms with Gasteiger partial charge in [0.2, 0.25) is 0 Å². The van der Waals surface area contributed by atoms with E-state index in [1.165, 1.54) is 38.5 Å². The van der Waals surface area contributed by atoms with Crippen molar-refractivity contribution in [2.24, 2.45) is 0 Å². The first kappa shape index (κ1) is 46.7. The van der Waals surface area contributed by atoms with Crippen LogP contribution in [0.2, 0.25) is 0 Å². The molecule has 1 rings (SSSR count). The van der Waals surface area contributed by atoms with Crippen LogP contribution in [-0.2, 0) is 28.5 Å². The van der Waals surface area contributed by atoms with Crippen LogP contribution in [0.1, 0.15) is 142 Å². The van der Waals surface area contributed by atoms with Crippen molar-refractivity contribution >= 4 is 11.9 Å². The molecule has 51 heavy (non-hydrogen) atoms. The highest BCUT2D eigenvalue weighted by Gasteiger charge is 2.44. The number of hydrogen-bond donors (Lipinski definition) is 4. The zero-order valence-electron chi connectivity index (χ0n) is 31.6. The number of carbonyl (C=O) groups is 2. The van der Waals surface area contributed by atoms with E-state index < -0.39 is 55.4 Å². The van der Waals surface area contributed by atoms with Gasteiger partial charge in [-0.2, -0.15) is 0 Å². The highest BCUT2D eigenvalue weighted by Crippen LogP contribution is 2.22. The predicted molar refractivity (Wildman–Crippen MR) is 201 cm³/mol. The van der Waals surface area contributed by atoms with Crippen LogP contribution < -0.4 is 0 Å². The highest BCUT2D eigenvalue weighted by molar-refractivity contribution is 5.70. The van der Waals surface area contributed by atoms with Crippen LogP contribution >= 0.6 is 0 Å². The number of allylic oxidation sites excluding steroid dienone is 8. The summed E-state index contributed by atoms with van der Waals surface area (Å²) >= 11 is 0. The second kappa shape index (κ2) is 32.3. The largest absolute Gasteiger partial charge is 0.462 e. The Bertz CT molecular complexity index is 975. The van der Waals surface area contributed by atoms with Crippen molar-refractivity contribution in [3.63, 3.8) is 0 Å². The monoisotopic (exact) mass is 722 g/mol. The maximum atomic E-state index is 12.7. The fourth-order valence-electron chi connectivity index (χ4n) is 5.48. The Morgan fingerprint density at radius 2 is 1.10 bits per heavy atom. The third kappa shape index (κ3) is 24.5. The lowest BCUT2D eigenvalue weighted by Gasteiger charge is -2.39. The first-order valence-electron chi connectivity index (χ1n) is 19.7. The summed E-state index contributed by atoms with van der Waals surface area (Å²) in [7, 11) is 0. The molecule has 0 aliphatic carbocycles. The van der Waals surface area contributed by atoms with Gasteiger partial charge in [-0.25, -0.2) is 0 Å². The van der Waals surface area contributed by atoms with E-state index in [-0.39, 0.29) is 26.1 Å². The third-order valence-corrected chi connectivity index (χ3v) is 8.69. The molecule has 0 unspecified atom stereocenters. The molecule has 0 aromatic rings. The smallest absolute Gasteiger partial charge is 0.306 e. The average molecular weight is 723 g/mol. The summed E-state index contributed by atoms with van der Waals surface area (Å²) in [5, 5.41) is 39.9. The molecule has 0 saturated carbocycles. The van der Waals surface area contributed by atoms with Gasteiger partial charge in [0.15, 0.2) is 12.4 Å². The molecule has 0 spiro atoms. The van der Waals surface area contributed by atoms with Gasteiger partial charge in [0, 0.05) is 12.8 Å². The van der Waals surface area contributed by atoms with E-state index >= 15 is 0 Å². The molecule has 6 atom stereocenters. The Balaban J connectivity index is 2.44. The summed E-state index contributed by atoms with van der Waals surface area (Å²) in [5.41, 5.74) is 0. The molecular formula is C41H70O10. The van der Waals surface area contributed by atoms with E-state index in [4.69, 9.17) is 18.9 Å². The molecule has 10 heteroatoms. The number of ether oxygens (including phenoxy) is 4. The van der Waals surface area contributed by atoms with Crippen LogP contribution in [0.25, 0.3) is 0 Å². The van der Waals surface area contributed by atoms with E-state index in [1.807, 2.05) is 0 Å². The number of rotatable bonds is 31. The quantitative estimate of drug-likeness (QED) is 0.0325. The molecular weight excluding hydrogens is 652 g/mol. The molecule has 294 valence electrons. The Labute approximate surface area is 308 Å². The predicted octanol–water partition coefficient (Wildman–Crippen LogP) is 7.32. The number of carbonyl (C=O) groups excluding carboxylic acids is 2. The molecule has 1 aliphatic heterocycles. The Hall–Kier alpha value is -2.34. The highest BCUT2D eigenvalue weighted by atomic mass is 16.7. The van der Waals surface area contributed by atoms with Crippen LogP contribution in [0.15, 0.2) is 48.6 Å². The van der Waals surface area contributed by atoms with Crippen LogP contribution in [-0.4, -0.2) is 89.0 Å². The number of hydrogen-bond acceptors (Lipinski definition) is 10. The van der Waals surface area contributed by atoms with E-state index in [2.05, 4.69) is 62.5 Å². The molecule has 4 N–H and O–H groups in total. The van der Waals surface area contributed by atoms with Crippen LogP contribution in [0.4, 0.5) is 0 Å². The van der Waals surface area contributed by atoms with Gasteiger partial charge in [-0.3, -0.25) is 9.59 Å². The molecule has 0 bridgehead atoms. The van der Waals surface area contributed by atoms with E-state index in [1.54, 1.807) is 0 Å². The lowest BCUT2D eigenvalue weighted by molar-refractivity contribution is -0.305. The van der Waals surface area contributed by atoms with Crippen molar-refractivity contribution in [1.29, 1.82) is 0 Å². The van der Waals surface area contributed by atoms with Crippen LogP contribution in [0.3, 0.4) is 0 Å². The Morgan fingerprint density at radius 3 is 1.59 bits per heavy atom. The summed E-state index contributed by atoms with van der Waals surface area (Å²) in [6, 6.07) is 0. The molecule has 10 nitrogen and oxygen atoms in total. The maximum Gasteiger partial charge on any atom is 0.306 e. The number of unbranched alkanes of at least 4 members (excludes halogenated alkanes) is 12. The fraction of sp³-hybridized carbons (Fsp3) is 0.756. The van der Waals surface area contributed by atoms with Gasteiger partial charge < -0.3 is 39.4 Å². The second-order valence-electron chi connectivity index (χ2n) is 13.4. The lowest BCUT2D eigenvalue weighted by atomic mass is 9.99. The van der Waals surface area contributed by atoms with Crippen molar-refractivity contribution in [3.05, 3.63) is 48.6 Å². The molecule has 1 fully saturated rings. The van der Waals surface area contributed by atoms with Crippen molar-refractivity contribution in [3.8, 4) is 0 Å². The maximum absolute atomic E-state index is 12.7. The number of esters is 2. The first-order valence-corrected chi connectivity index (χ1v) is 19.7. The molecule has 0 amide bonds. The summed E-state index contributed by atoms with van der Waals surface area (Å²) in [6.45, 7) is 3.28. The molecule has 1 saturated heterocycles. The van der Waals surface area contributed by atoms with Crippen molar-refractivity contribution in [2.75, 3.05) is 19.8 Å². The molecule has 1 aliphatic rings. The minimum atomic E-state index is -1.60. The van der Waals surface area contributed by atoms with Gasteiger partial charge in [-0.1, -0.05) is 101 Å². The minimum Gasteiger partial charge on any atom is -0.462 e. The first-order chi connectivity index (χ1) is 24.8. The Morgan fingerprint density at radius 1 is 0.608 bits per heavy atom. The summed E-state index contributed by atoms with van der Waals surface area (Å²) in [4.78, 5) is 25.2. The zero-order valence-corrected chi connectivity index (χ0v) is 31.6. The fourth-order valence-corrected chi connectivity index (χ4v) is 5.48. The van der Waals surface area contributed by atoms with Gasteiger partial charge in [0.05, 0.1) is 13.2 Å². The summed E-state index contributed by atoms with van der Waals surface area (Å²) in [5.74, 6) is -0.870. The van der Waals surface area contributed by atoms with E-state index in [9.17, 15) is 30.0 Å². The normalized spacial score (nSPS) is 21.7. The summed E-state index contributed by atoms with van der Waals surface area (Å²) in [6.07, 6.45) is 28.4.